The van der Waals surface area contributed by atoms with Gasteiger partial charge in [-0.25, -0.2) is 4.39 Å². The topological polar surface area (TPSA) is 45.2 Å². The van der Waals surface area contributed by atoms with Crippen LogP contribution in [0.4, 0.5) is 15.8 Å². The van der Waals surface area contributed by atoms with E-state index >= 15 is 0 Å². The number of anilines is 2. The lowest BCUT2D eigenvalue weighted by molar-refractivity contribution is 0.0993. The first-order chi connectivity index (χ1) is 10.1. The fourth-order valence-electron chi connectivity index (χ4n) is 2.00. The van der Waals surface area contributed by atoms with Gasteiger partial charge in [0.25, 0.3) is 5.91 Å². The largest absolute Gasteiger partial charge is 0.382 e. The normalized spacial score (nSPS) is 10.2. The van der Waals surface area contributed by atoms with Crippen LogP contribution in [0.5, 0.6) is 0 Å². The summed E-state index contributed by atoms with van der Waals surface area (Å²) in [6.45, 7) is 2.60. The molecular weight excluding hydrogens is 269 g/mol. The summed E-state index contributed by atoms with van der Waals surface area (Å²) < 4.78 is 14.0. The molecule has 1 aromatic heterocycles. The predicted molar refractivity (Wildman–Crippen MR) is 82.2 cm³/mol. The van der Waals surface area contributed by atoms with Gasteiger partial charge in [-0.05, 0) is 30.7 Å². The summed E-state index contributed by atoms with van der Waals surface area (Å²) in [6, 6.07) is 7.98. The Bertz CT molecular complexity index is 616. The number of rotatable bonds is 5. The molecule has 0 saturated carbocycles. The molecule has 0 radical (unpaired) electrons. The number of halogens is 1. The van der Waals surface area contributed by atoms with Crippen LogP contribution in [0.3, 0.4) is 0 Å². The fraction of sp³-hybridized carbons (Fsp3) is 0.250. The molecule has 0 aliphatic heterocycles. The number of amides is 1. The van der Waals surface area contributed by atoms with E-state index in [1.165, 1.54) is 11.0 Å². The molecule has 0 bridgehead atoms. The van der Waals surface area contributed by atoms with E-state index in [4.69, 9.17) is 0 Å². The Morgan fingerprint density at radius 2 is 2.00 bits per heavy atom. The predicted octanol–water partition coefficient (Wildman–Crippen LogP) is 3.32. The van der Waals surface area contributed by atoms with Gasteiger partial charge in [0.05, 0.1) is 11.3 Å². The average Bonchev–Trinajstić information content (AvgIpc) is 2.53. The zero-order chi connectivity index (χ0) is 15.2. The molecule has 1 heterocycles. The van der Waals surface area contributed by atoms with Crippen molar-refractivity contribution in [1.82, 2.24) is 4.98 Å². The Morgan fingerprint density at radius 3 is 2.67 bits per heavy atom. The van der Waals surface area contributed by atoms with Crippen LogP contribution in [0.1, 0.15) is 23.7 Å². The molecule has 4 nitrogen and oxygen atoms in total. The van der Waals surface area contributed by atoms with Gasteiger partial charge in [-0.2, -0.15) is 0 Å². The van der Waals surface area contributed by atoms with Gasteiger partial charge < -0.3 is 10.2 Å². The second-order valence-electron chi connectivity index (χ2n) is 4.66. The number of carbonyl (C=O) groups is 1. The Hall–Kier alpha value is -2.43. The number of aromatic nitrogens is 1. The first kappa shape index (κ1) is 15.0. The van der Waals surface area contributed by atoms with Gasteiger partial charge in [0.15, 0.2) is 0 Å². The molecule has 0 aliphatic rings. The summed E-state index contributed by atoms with van der Waals surface area (Å²) in [5, 5.41) is 2.98. The van der Waals surface area contributed by atoms with E-state index in [9.17, 15) is 9.18 Å². The van der Waals surface area contributed by atoms with Gasteiger partial charge in [0, 0.05) is 31.7 Å². The Labute approximate surface area is 123 Å². The Morgan fingerprint density at radius 1 is 1.29 bits per heavy atom. The molecule has 0 fully saturated rings. The van der Waals surface area contributed by atoms with Crippen LogP contribution >= 0.6 is 0 Å². The van der Waals surface area contributed by atoms with Crippen molar-refractivity contribution in [3.05, 3.63) is 54.1 Å². The summed E-state index contributed by atoms with van der Waals surface area (Å²) in [6.07, 6.45) is 4.07. The molecule has 5 heteroatoms. The fourth-order valence-corrected chi connectivity index (χ4v) is 2.00. The van der Waals surface area contributed by atoms with Crippen molar-refractivity contribution >= 4 is 17.3 Å². The van der Waals surface area contributed by atoms with Crippen LogP contribution in [0.2, 0.25) is 0 Å². The van der Waals surface area contributed by atoms with E-state index in [2.05, 4.69) is 10.3 Å². The van der Waals surface area contributed by atoms with Gasteiger partial charge in [0.1, 0.15) is 5.82 Å². The molecule has 0 aliphatic carbocycles. The lowest BCUT2D eigenvalue weighted by atomic mass is 10.1. The number of nitrogens with zero attached hydrogens (tertiary/aromatic N) is 2. The van der Waals surface area contributed by atoms with Crippen molar-refractivity contribution in [2.45, 2.75) is 13.3 Å². The smallest absolute Gasteiger partial charge is 0.260 e. The average molecular weight is 287 g/mol. The highest BCUT2D eigenvalue weighted by Gasteiger charge is 2.19. The molecular formula is C16H18FN3O. The highest BCUT2D eigenvalue weighted by molar-refractivity contribution is 6.09. The summed E-state index contributed by atoms with van der Waals surface area (Å²) in [5.41, 5.74) is 1.29. The van der Waals surface area contributed by atoms with Crippen molar-refractivity contribution in [2.75, 3.05) is 23.8 Å². The molecule has 21 heavy (non-hydrogen) atoms. The third-order valence-corrected chi connectivity index (χ3v) is 3.15. The minimum absolute atomic E-state index is 0.255. The maximum Gasteiger partial charge on any atom is 0.260 e. The summed E-state index contributed by atoms with van der Waals surface area (Å²) >= 11 is 0. The zero-order valence-corrected chi connectivity index (χ0v) is 12.1. The molecule has 1 aromatic carbocycles. The maximum atomic E-state index is 14.0. The zero-order valence-electron chi connectivity index (χ0n) is 12.1. The number of pyridine rings is 1. The molecule has 0 atom stereocenters. The van der Waals surface area contributed by atoms with Crippen LogP contribution < -0.4 is 10.2 Å². The van der Waals surface area contributed by atoms with E-state index < -0.39 is 5.82 Å². The van der Waals surface area contributed by atoms with E-state index in [1.807, 2.05) is 6.92 Å². The van der Waals surface area contributed by atoms with Gasteiger partial charge in [-0.15, -0.1) is 0 Å². The van der Waals surface area contributed by atoms with E-state index in [1.54, 1.807) is 43.7 Å². The number of hydrogen-bond acceptors (Lipinski definition) is 3. The number of benzene rings is 1. The summed E-state index contributed by atoms with van der Waals surface area (Å²) in [5.74, 6) is -0.684. The second-order valence-corrected chi connectivity index (χ2v) is 4.66. The SMILES string of the molecule is CCCNc1c(F)cccc1C(=O)N(C)c1ccncc1. The molecule has 1 amide bonds. The standard InChI is InChI=1S/C16H18FN3O/c1-3-9-19-15-13(5-4-6-14(15)17)16(21)20(2)12-7-10-18-11-8-12/h4-8,10-11,19H,3,9H2,1-2H3. The van der Waals surface area contributed by atoms with Crippen LogP contribution in [-0.2, 0) is 0 Å². The molecule has 1 N–H and O–H groups in total. The summed E-state index contributed by atoms with van der Waals surface area (Å²) in [4.78, 5) is 18.0. The maximum absolute atomic E-state index is 14.0. The van der Waals surface area contributed by atoms with Crippen LogP contribution in [0, 0.1) is 5.82 Å². The van der Waals surface area contributed by atoms with E-state index in [-0.39, 0.29) is 11.6 Å². The van der Waals surface area contributed by atoms with Crippen molar-refractivity contribution in [3.63, 3.8) is 0 Å². The van der Waals surface area contributed by atoms with Crippen LogP contribution in [0.25, 0.3) is 0 Å². The highest BCUT2D eigenvalue weighted by atomic mass is 19.1. The molecule has 0 saturated heterocycles. The molecule has 0 spiro atoms. The van der Waals surface area contributed by atoms with Crippen molar-refractivity contribution in [1.29, 1.82) is 0 Å². The third-order valence-electron chi connectivity index (χ3n) is 3.15. The minimum Gasteiger partial charge on any atom is -0.382 e. The lowest BCUT2D eigenvalue weighted by Crippen LogP contribution is -2.27. The van der Waals surface area contributed by atoms with Crippen molar-refractivity contribution < 1.29 is 9.18 Å². The quantitative estimate of drug-likeness (QED) is 0.917. The highest BCUT2D eigenvalue weighted by Crippen LogP contribution is 2.23. The second kappa shape index (κ2) is 6.83. The molecule has 0 unspecified atom stereocenters. The molecule has 2 aromatic rings. The van der Waals surface area contributed by atoms with Crippen molar-refractivity contribution in [3.8, 4) is 0 Å². The summed E-state index contributed by atoms with van der Waals surface area (Å²) in [7, 11) is 1.66. The number of carbonyl (C=O) groups excluding carboxylic acids is 1. The molecule has 110 valence electrons. The monoisotopic (exact) mass is 287 g/mol. The Balaban J connectivity index is 2.32. The molecule has 2 rings (SSSR count). The van der Waals surface area contributed by atoms with Crippen LogP contribution in [0.15, 0.2) is 42.7 Å². The number of nitrogens with one attached hydrogen (secondary N) is 1. The number of para-hydroxylation sites is 1. The number of hydrogen-bond donors (Lipinski definition) is 1. The minimum atomic E-state index is -0.419. The van der Waals surface area contributed by atoms with Gasteiger partial charge >= 0.3 is 0 Å². The first-order valence-corrected chi connectivity index (χ1v) is 6.85. The first-order valence-electron chi connectivity index (χ1n) is 6.85. The van der Waals surface area contributed by atoms with E-state index in [0.29, 0.717) is 17.8 Å². The lowest BCUT2D eigenvalue weighted by Gasteiger charge is -2.19. The van der Waals surface area contributed by atoms with Crippen molar-refractivity contribution in [2.24, 2.45) is 0 Å². The van der Waals surface area contributed by atoms with E-state index in [0.717, 1.165) is 6.42 Å². The van der Waals surface area contributed by atoms with Crippen LogP contribution in [-0.4, -0.2) is 24.5 Å². The van der Waals surface area contributed by atoms with Gasteiger partial charge in [-0.3, -0.25) is 9.78 Å². The van der Waals surface area contributed by atoms with Gasteiger partial charge in [0.2, 0.25) is 0 Å². The third kappa shape index (κ3) is 3.37. The Kier molecular flexibility index (Phi) is 4.87. The van der Waals surface area contributed by atoms with Gasteiger partial charge in [-0.1, -0.05) is 13.0 Å².